The molecule has 2 aliphatic heterocycles. The van der Waals surface area contributed by atoms with Crippen molar-refractivity contribution in [3.63, 3.8) is 0 Å². The number of para-hydroxylation sites is 1. The molecule has 140 valence electrons. The molecule has 1 aromatic carbocycles. The highest BCUT2D eigenvalue weighted by Gasteiger charge is 2.48. The molecular weight excluding hydrogens is 324 g/mol. The highest BCUT2D eigenvalue weighted by molar-refractivity contribution is 5.86. The van der Waals surface area contributed by atoms with Crippen LogP contribution in [0.1, 0.15) is 56.3 Å². The van der Waals surface area contributed by atoms with Crippen LogP contribution < -0.4 is 0 Å². The Labute approximate surface area is 156 Å². The van der Waals surface area contributed by atoms with Crippen molar-refractivity contribution in [3.05, 3.63) is 35.5 Å². The first-order valence-electron chi connectivity index (χ1n) is 9.98. The number of fused-ring (bicyclic) bond motifs is 5. The molecule has 0 bridgehead atoms. The topological polar surface area (TPSA) is 34.5 Å². The van der Waals surface area contributed by atoms with Gasteiger partial charge in [-0.2, -0.15) is 0 Å². The molecule has 4 rings (SSSR count). The van der Waals surface area contributed by atoms with Gasteiger partial charge in [0.25, 0.3) is 0 Å². The second-order valence-electron chi connectivity index (χ2n) is 8.02. The number of hydrogen-bond acceptors (Lipinski definition) is 3. The second kappa shape index (κ2) is 6.73. The Morgan fingerprint density at radius 2 is 2.12 bits per heavy atom. The van der Waals surface area contributed by atoms with E-state index in [4.69, 9.17) is 4.74 Å². The van der Waals surface area contributed by atoms with Gasteiger partial charge in [0.1, 0.15) is 0 Å². The fourth-order valence-corrected chi connectivity index (χ4v) is 5.61. The number of methoxy groups -OCH3 is 1. The molecule has 2 aliphatic rings. The first-order chi connectivity index (χ1) is 12.6. The number of aryl methyl sites for hydroxylation is 1. The highest BCUT2D eigenvalue weighted by atomic mass is 16.5. The van der Waals surface area contributed by atoms with Crippen molar-refractivity contribution in [2.24, 2.45) is 12.5 Å². The number of nitrogens with zero attached hydrogens (tertiary/aromatic N) is 2. The van der Waals surface area contributed by atoms with Gasteiger partial charge in [-0.1, -0.05) is 25.1 Å². The van der Waals surface area contributed by atoms with Crippen molar-refractivity contribution in [1.82, 2.24) is 9.47 Å². The third-order valence-electron chi connectivity index (χ3n) is 6.99. The fourth-order valence-electron chi connectivity index (χ4n) is 5.61. The molecule has 2 atom stereocenters. The van der Waals surface area contributed by atoms with E-state index in [0.717, 1.165) is 25.8 Å². The quantitative estimate of drug-likeness (QED) is 0.771. The van der Waals surface area contributed by atoms with E-state index >= 15 is 0 Å². The summed E-state index contributed by atoms with van der Waals surface area (Å²) in [5.41, 5.74) is 4.51. The third-order valence-corrected chi connectivity index (χ3v) is 6.99. The van der Waals surface area contributed by atoms with Gasteiger partial charge in [0.05, 0.1) is 13.2 Å². The Hall–Kier alpha value is -1.81. The molecule has 0 N–H and O–H groups in total. The van der Waals surface area contributed by atoms with Crippen LogP contribution in [0.5, 0.6) is 0 Å². The maximum atomic E-state index is 11.9. The van der Waals surface area contributed by atoms with E-state index in [1.165, 1.54) is 48.7 Å². The summed E-state index contributed by atoms with van der Waals surface area (Å²) in [7, 11) is 3.72. The van der Waals surface area contributed by atoms with Gasteiger partial charge in [0, 0.05) is 36.6 Å². The van der Waals surface area contributed by atoms with E-state index in [9.17, 15) is 4.79 Å². The van der Waals surface area contributed by atoms with Crippen LogP contribution in [0.15, 0.2) is 24.3 Å². The van der Waals surface area contributed by atoms with Crippen molar-refractivity contribution in [3.8, 4) is 0 Å². The average Bonchev–Trinajstić information content (AvgIpc) is 2.98. The number of piperidine rings is 1. The Balaban J connectivity index is 1.82. The van der Waals surface area contributed by atoms with Crippen molar-refractivity contribution < 1.29 is 9.53 Å². The Morgan fingerprint density at radius 1 is 1.31 bits per heavy atom. The minimum absolute atomic E-state index is 0.0805. The zero-order chi connectivity index (χ0) is 18.3. The average molecular weight is 354 g/mol. The van der Waals surface area contributed by atoms with Gasteiger partial charge in [-0.3, -0.25) is 9.69 Å². The SMILES string of the molecule is CCC1(CCC(=O)OC)CCCN2CCc3c(n(C)c4ccccc34)C21. The molecule has 4 nitrogen and oxygen atoms in total. The summed E-state index contributed by atoms with van der Waals surface area (Å²) in [6, 6.07) is 9.21. The smallest absolute Gasteiger partial charge is 0.305 e. The Morgan fingerprint density at radius 3 is 2.88 bits per heavy atom. The van der Waals surface area contributed by atoms with Crippen molar-refractivity contribution in [2.75, 3.05) is 20.2 Å². The molecular formula is C22H30N2O2. The minimum atomic E-state index is -0.0805. The predicted octanol–water partition coefficient (Wildman–Crippen LogP) is 4.22. The molecule has 4 heteroatoms. The largest absolute Gasteiger partial charge is 0.469 e. The van der Waals surface area contributed by atoms with E-state index in [1.54, 1.807) is 0 Å². The number of ether oxygens (including phenoxy) is 1. The first-order valence-corrected chi connectivity index (χ1v) is 9.98. The number of carbonyl (C=O) groups excluding carboxylic acids is 1. The summed E-state index contributed by atoms with van der Waals surface area (Å²) in [6.45, 7) is 4.61. The first kappa shape index (κ1) is 17.6. The molecule has 0 aliphatic carbocycles. The zero-order valence-corrected chi connectivity index (χ0v) is 16.3. The molecule has 0 saturated carbocycles. The van der Waals surface area contributed by atoms with Crippen LogP contribution in [0, 0.1) is 5.41 Å². The van der Waals surface area contributed by atoms with Crippen molar-refractivity contribution in [1.29, 1.82) is 0 Å². The highest BCUT2D eigenvalue weighted by Crippen LogP contribution is 2.54. The van der Waals surface area contributed by atoms with Crippen LogP contribution in [0.4, 0.5) is 0 Å². The summed E-state index contributed by atoms with van der Waals surface area (Å²) >= 11 is 0. The summed E-state index contributed by atoms with van der Waals surface area (Å²) in [6.07, 6.45) is 6.09. The van der Waals surface area contributed by atoms with E-state index in [-0.39, 0.29) is 11.4 Å². The number of aromatic nitrogens is 1. The monoisotopic (exact) mass is 354 g/mol. The number of esters is 1. The molecule has 26 heavy (non-hydrogen) atoms. The van der Waals surface area contributed by atoms with E-state index in [1.807, 2.05) is 0 Å². The number of rotatable bonds is 4. The summed E-state index contributed by atoms with van der Waals surface area (Å²) < 4.78 is 7.38. The van der Waals surface area contributed by atoms with Crippen LogP contribution >= 0.6 is 0 Å². The van der Waals surface area contributed by atoms with Gasteiger partial charge in [0.15, 0.2) is 0 Å². The molecule has 0 radical (unpaired) electrons. The van der Waals surface area contributed by atoms with E-state index in [2.05, 4.69) is 47.7 Å². The summed E-state index contributed by atoms with van der Waals surface area (Å²) in [5.74, 6) is -0.0805. The van der Waals surface area contributed by atoms with Crippen molar-refractivity contribution in [2.45, 2.75) is 51.5 Å². The molecule has 0 amide bonds. The van der Waals surface area contributed by atoms with E-state index in [0.29, 0.717) is 12.5 Å². The standard InChI is InChI=1S/C22H30N2O2/c1-4-22(13-10-19(25)26-3)12-7-14-24-15-11-17-16-8-5-6-9-18(16)23(2)20(17)21(22)24/h5-6,8-9,21H,4,7,10-15H2,1-3H3. The van der Waals surface area contributed by atoms with Gasteiger partial charge in [0.2, 0.25) is 0 Å². The normalized spacial score (nSPS) is 25.7. The molecule has 3 heterocycles. The van der Waals surface area contributed by atoms with Crippen molar-refractivity contribution >= 4 is 16.9 Å². The molecule has 1 fully saturated rings. The molecule has 1 saturated heterocycles. The van der Waals surface area contributed by atoms with Gasteiger partial charge >= 0.3 is 5.97 Å². The third kappa shape index (κ3) is 2.58. The summed E-state index contributed by atoms with van der Waals surface area (Å²) in [4.78, 5) is 14.6. The van der Waals surface area contributed by atoms with Crippen LogP contribution in [0.25, 0.3) is 10.9 Å². The lowest BCUT2D eigenvalue weighted by molar-refractivity contribution is -0.142. The fraction of sp³-hybridized carbons (Fsp3) is 0.591. The predicted molar refractivity (Wildman–Crippen MR) is 104 cm³/mol. The lowest BCUT2D eigenvalue weighted by Crippen LogP contribution is -2.50. The molecule has 0 spiro atoms. The van der Waals surface area contributed by atoms with Gasteiger partial charge in [-0.25, -0.2) is 0 Å². The van der Waals surface area contributed by atoms with Crippen LogP contribution in [0.3, 0.4) is 0 Å². The molecule has 2 aromatic rings. The van der Waals surface area contributed by atoms with Crippen LogP contribution in [0.2, 0.25) is 0 Å². The lowest BCUT2D eigenvalue weighted by atomic mass is 9.65. The maximum Gasteiger partial charge on any atom is 0.305 e. The van der Waals surface area contributed by atoms with Gasteiger partial charge in [-0.05, 0) is 55.7 Å². The van der Waals surface area contributed by atoms with E-state index < -0.39 is 0 Å². The van der Waals surface area contributed by atoms with Gasteiger partial charge < -0.3 is 9.30 Å². The molecule has 1 aromatic heterocycles. The molecule has 2 unspecified atom stereocenters. The lowest BCUT2D eigenvalue weighted by Gasteiger charge is -2.52. The number of hydrogen-bond donors (Lipinski definition) is 0. The van der Waals surface area contributed by atoms with Crippen LogP contribution in [-0.2, 0) is 23.0 Å². The van der Waals surface area contributed by atoms with Gasteiger partial charge in [-0.15, -0.1) is 0 Å². The minimum Gasteiger partial charge on any atom is -0.469 e. The Kier molecular flexibility index (Phi) is 4.55. The second-order valence-corrected chi connectivity index (χ2v) is 8.02. The summed E-state index contributed by atoms with van der Waals surface area (Å²) in [5, 5.41) is 1.41. The zero-order valence-electron chi connectivity index (χ0n) is 16.3. The number of benzene rings is 1. The maximum absolute atomic E-state index is 11.9. The number of carbonyl (C=O) groups is 1. The Bertz CT molecular complexity index is 825. The van der Waals surface area contributed by atoms with Crippen LogP contribution in [-0.4, -0.2) is 35.6 Å².